The van der Waals surface area contributed by atoms with E-state index in [2.05, 4.69) is 10.1 Å². The number of methoxy groups -OCH3 is 1. The van der Waals surface area contributed by atoms with Crippen molar-refractivity contribution in [3.05, 3.63) is 29.8 Å². The van der Waals surface area contributed by atoms with Gasteiger partial charge >= 0.3 is 6.36 Å². The Bertz CT molecular complexity index is 463. The van der Waals surface area contributed by atoms with Crippen molar-refractivity contribution in [2.24, 2.45) is 5.73 Å². The van der Waals surface area contributed by atoms with Crippen molar-refractivity contribution in [3.8, 4) is 5.75 Å². The maximum atomic E-state index is 12.0. The second kappa shape index (κ2) is 7.28. The molecule has 0 aliphatic rings. The number of nitrogens with one attached hydrogen (secondary N) is 1. The minimum absolute atomic E-state index is 0.0803. The predicted octanol–water partition coefficient (Wildman–Crippen LogP) is 1.74. The Balaban J connectivity index is 2.63. The molecule has 0 aliphatic carbocycles. The van der Waals surface area contributed by atoms with Crippen molar-refractivity contribution in [1.82, 2.24) is 5.32 Å². The van der Waals surface area contributed by atoms with Crippen LogP contribution in [-0.4, -0.2) is 32.0 Å². The van der Waals surface area contributed by atoms with Crippen LogP contribution in [0.5, 0.6) is 5.75 Å². The van der Waals surface area contributed by atoms with Crippen LogP contribution in [0.25, 0.3) is 0 Å². The lowest BCUT2D eigenvalue weighted by Gasteiger charge is -2.18. The standard InChI is InChI=1S/C13H17F3N2O3/c1-8(18-12(19)11(17)7-20-2)9-3-5-10(6-4-9)21-13(14,15)16/h3-6,8,11H,7,17H2,1-2H3,(H,18,19). The van der Waals surface area contributed by atoms with Gasteiger partial charge in [-0.2, -0.15) is 0 Å². The van der Waals surface area contributed by atoms with E-state index in [1.54, 1.807) is 6.92 Å². The molecule has 0 fully saturated rings. The maximum absolute atomic E-state index is 12.0. The fraction of sp³-hybridized carbons (Fsp3) is 0.462. The summed E-state index contributed by atoms with van der Waals surface area (Å²) >= 11 is 0. The summed E-state index contributed by atoms with van der Waals surface area (Å²) in [6.07, 6.45) is -4.73. The van der Waals surface area contributed by atoms with Gasteiger partial charge in [-0.3, -0.25) is 4.79 Å². The second-order valence-electron chi connectivity index (χ2n) is 4.41. The smallest absolute Gasteiger partial charge is 0.406 e. The lowest BCUT2D eigenvalue weighted by atomic mass is 10.1. The molecule has 2 unspecified atom stereocenters. The van der Waals surface area contributed by atoms with Gasteiger partial charge in [0.1, 0.15) is 11.8 Å². The first-order valence-electron chi connectivity index (χ1n) is 6.13. The Morgan fingerprint density at radius 2 is 1.90 bits per heavy atom. The summed E-state index contributed by atoms with van der Waals surface area (Å²) in [7, 11) is 1.43. The highest BCUT2D eigenvalue weighted by Gasteiger charge is 2.31. The van der Waals surface area contributed by atoms with Crippen molar-refractivity contribution in [1.29, 1.82) is 0 Å². The van der Waals surface area contributed by atoms with E-state index in [1.807, 2.05) is 0 Å². The molecule has 1 rings (SSSR count). The number of carbonyl (C=O) groups is 1. The molecule has 0 bridgehead atoms. The number of hydrogen-bond donors (Lipinski definition) is 2. The Morgan fingerprint density at radius 3 is 2.38 bits per heavy atom. The Morgan fingerprint density at radius 1 is 1.33 bits per heavy atom. The number of benzene rings is 1. The van der Waals surface area contributed by atoms with E-state index in [9.17, 15) is 18.0 Å². The SMILES string of the molecule is COCC(N)C(=O)NC(C)c1ccc(OC(F)(F)F)cc1. The molecule has 118 valence electrons. The number of ether oxygens (including phenoxy) is 2. The van der Waals surface area contributed by atoms with Crippen molar-refractivity contribution >= 4 is 5.91 Å². The molecular weight excluding hydrogens is 289 g/mol. The highest BCUT2D eigenvalue weighted by Crippen LogP contribution is 2.24. The summed E-state index contributed by atoms with van der Waals surface area (Å²) < 4.78 is 44.6. The van der Waals surface area contributed by atoms with Crippen molar-refractivity contribution in [2.45, 2.75) is 25.4 Å². The first-order valence-corrected chi connectivity index (χ1v) is 6.13. The highest BCUT2D eigenvalue weighted by molar-refractivity contribution is 5.82. The molecule has 2 atom stereocenters. The molecule has 3 N–H and O–H groups in total. The van der Waals surface area contributed by atoms with Crippen molar-refractivity contribution < 1.29 is 27.4 Å². The molecule has 1 aromatic carbocycles. The lowest BCUT2D eigenvalue weighted by Crippen LogP contribution is -2.44. The van der Waals surface area contributed by atoms with E-state index < -0.39 is 24.4 Å². The highest BCUT2D eigenvalue weighted by atomic mass is 19.4. The summed E-state index contributed by atoms with van der Waals surface area (Å²) in [5.74, 6) is -0.721. The first kappa shape index (κ1) is 17.3. The zero-order valence-electron chi connectivity index (χ0n) is 11.6. The third kappa shape index (κ3) is 6.01. The largest absolute Gasteiger partial charge is 0.573 e. The van der Waals surface area contributed by atoms with Gasteiger partial charge in [-0.15, -0.1) is 13.2 Å². The van der Waals surface area contributed by atoms with Crippen LogP contribution in [0.2, 0.25) is 0 Å². The number of alkyl halides is 3. The van der Waals surface area contributed by atoms with Crippen molar-refractivity contribution in [3.63, 3.8) is 0 Å². The van der Waals surface area contributed by atoms with Gasteiger partial charge in [0.05, 0.1) is 12.6 Å². The maximum Gasteiger partial charge on any atom is 0.573 e. The Labute approximate surface area is 120 Å². The zero-order valence-corrected chi connectivity index (χ0v) is 11.6. The first-order chi connectivity index (χ1) is 9.73. The van der Waals surface area contributed by atoms with Crippen LogP contribution in [0, 0.1) is 0 Å². The van der Waals surface area contributed by atoms with Gasteiger partial charge in [0, 0.05) is 7.11 Å². The molecule has 0 heterocycles. The van der Waals surface area contributed by atoms with Crippen LogP contribution < -0.4 is 15.8 Å². The molecule has 0 saturated carbocycles. The monoisotopic (exact) mass is 306 g/mol. The third-order valence-electron chi connectivity index (χ3n) is 2.66. The molecule has 0 spiro atoms. The number of amides is 1. The third-order valence-corrected chi connectivity index (χ3v) is 2.66. The van der Waals surface area contributed by atoms with Gasteiger partial charge < -0.3 is 20.5 Å². The lowest BCUT2D eigenvalue weighted by molar-refractivity contribution is -0.274. The predicted molar refractivity (Wildman–Crippen MR) is 69.5 cm³/mol. The summed E-state index contributed by atoms with van der Waals surface area (Å²) in [6, 6.07) is 4.04. The van der Waals surface area contributed by atoms with Crippen molar-refractivity contribution in [2.75, 3.05) is 13.7 Å². The minimum atomic E-state index is -4.73. The number of carbonyl (C=O) groups excluding carboxylic acids is 1. The molecule has 0 aromatic heterocycles. The number of nitrogens with two attached hydrogens (primary N) is 1. The van der Waals surface area contributed by atoms with Gasteiger partial charge in [-0.1, -0.05) is 12.1 Å². The van der Waals surface area contributed by atoms with Gasteiger partial charge in [-0.05, 0) is 24.6 Å². The van der Waals surface area contributed by atoms with E-state index in [-0.39, 0.29) is 12.4 Å². The molecule has 0 saturated heterocycles. The average Bonchev–Trinajstić information content (AvgIpc) is 2.37. The van der Waals surface area contributed by atoms with Gasteiger partial charge in [0.15, 0.2) is 0 Å². The molecule has 0 radical (unpaired) electrons. The van der Waals surface area contributed by atoms with E-state index >= 15 is 0 Å². The summed E-state index contributed by atoms with van der Waals surface area (Å²) in [5, 5.41) is 2.64. The molecule has 5 nitrogen and oxygen atoms in total. The van der Waals surface area contributed by atoms with Crippen LogP contribution in [0.3, 0.4) is 0 Å². The molecule has 8 heteroatoms. The van der Waals surface area contributed by atoms with Crippen LogP contribution in [-0.2, 0) is 9.53 Å². The average molecular weight is 306 g/mol. The fourth-order valence-electron chi connectivity index (χ4n) is 1.62. The van der Waals surface area contributed by atoms with Gasteiger partial charge in [0.25, 0.3) is 0 Å². The summed E-state index contributed by atoms with van der Waals surface area (Å²) in [5.41, 5.74) is 6.19. The topological polar surface area (TPSA) is 73.6 Å². The normalized spacial score (nSPS) is 14.4. The zero-order chi connectivity index (χ0) is 16.0. The van der Waals surface area contributed by atoms with E-state index in [1.165, 1.54) is 31.4 Å². The number of halogens is 3. The fourth-order valence-corrected chi connectivity index (χ4v) is 1.62. The van der Waals surface area contributed by atoms with Crippen LogP contribution in [0.15, 0.2) is 24.3 Å². The van der Waals surface area contributed by atoms with Gasteiger partial charge in [0.2, 0.25) is 5.91 Å². The van der Waals surface area contributed by atoms with Crippen LogP contribution in [0.4, 0.5) is 13.2 Å². The number of rotatable bonds is 6. The summed E-state index contributed by atoms with van der Waals surface area (Å²) in [4.78, 5) is 11.7. The van der Waals surface area contributed by atoms with E-state index in [0.717, 1.165) is 0 Å². The second-order valence-corrected chi connectivity index (χ2v) is 4.41. The molecule has 0 aliphatic heterocycles. The van der Waals surface area contributed by atoms with Crippen LogP contribution >= 0.6 is 0 Å². The van der Waals surface area contributed by atoms with E-state index in [4.69, 9.17) is 10.5 Å². The molecule has 1 aromatic rings. The summed E-state index contributed by atoms with van der Waals surface area (Å²) in [6.45, 7) is 1.77. The molecular formula is C13H17F3N2O3. The quantitative estimate of drug-likeness (QED) is 0.839. The Kier molecular flexibility index (Phi) is 5.98. The van der Waals surface area contributed by atoms with Crippen LogP contribution in [0.1, 0.15) is 18.5 Å². The molecule has 21 heavy (non-hydrogen) atoms. The molecule has 1 amide bonds. The van der Waals surface area contributed by atoms with E-state index in [0.29, 0.717) is 5.56 Å². The van der Waals surface area contributed by atoms with Gasteiger partial charge in [-0.25, -0.2) is 0 Å². The number of hydrogen-bond acceptors (Lipinski definition) is 4. The Hall–Kier alpha value is -1.80. The minimum Gasteiger partial charge on any atom is -0.406 e.